The molecule has 6 heteroatoms. The van der Waals surface area contributed by atoms with Gasteiger partial charge in [-0.25, -0.2) is 0 Å². The first-order chi connectivity index (χ1) is 11.0. The van der Waals surface area contributed by atoms with Crippen LogP contribution in [0.2, 0.25) is 0 Å². The Labute approximate surface area is 131 Å². The van der Waals surface area contributed by atoms with E-state index in [1.165, 1.54) is 18.2 Å². The minimum absolute atomic E-state index is 0.367. The summed E-state index contributed by atoms with van der Waals surface area (Å²) in [7, 11) is 0. The normalized spacial score (nSPS) is 17.1. The van der Waals surface area contributed by atoms with Crippen LogP contribution in [0.3, 0.4) is 0 Å². The molecule has 1 amide bonds. The standard InChI is InChI=1S/C17H14F3NO2/c18-17(19,20)13-7-3-1-5-11(13)16(22)21-14-9-10-23-15-8-4-2-6-12(14)15/h1-8,14H,9-10H2,(H,21,22)/t14-/m0/s1. The lowest BCUT2D eigenvalue weighted by Crippen LogP contribution is -2.33. The van der Waals surface area contributed by atoms with Gasteiger partial charge in [0, 0.05) is 12.0 Å². The lowest BCUT2D eigenvalue weighted by Gasteiger charge is -2.27. The van der Waals surface area contributed by atoms with Gasteiger partial charge < -0.3 is 10.1 Å². The van der Waals surface area contributed by atoms with Crippen molar-refractivity contribution in [3.8, 4) is 5.75 Å². The second kappa shape index (κ2) is 5.95. The van der Waals surface area contributed by atoms with Gasteiger partial charge in [-0.1, -0.05) is 30.3 Å². The van der Waals surface area contributed by atoms with Crippen molar-refractivity contribution in [1.82, 2.24) is 5.32 Å². The van der Waals surface area contributed by atoms with E-state index in [0.29, 0.717) is 18.8 Å². The summed E-state index contributed by atoms with van der Waals surface area (Å²) in [5.41, 5.74) is -0.529. The predicted molar refractivity (Wildman–Crippen MR) is 78.2 cm³/mol. The van der Waals surface area contributed by atoms with Crippen molar-refractivity contribution >= 4 is 5.91 Å². The minimum Gasteiger partial charge on any atom is -0.493 e. The Morgan fingerprint density at radius 3 is 2.57 bits per heavy atom. The number of nitrogens with one attached hydrogen (secondary N) is 1. The molecule has 120 valence electrons. The van der Waals surface area contributed by atoms with Gasteiger partial charge in [0.15, 0.2) is 0 Å². The molecule has 0 fully saturated rings. The maximum atomic E-state index is 13.0. The SMILES string of the molecule is O=C(N[C@H]1CCOc2ccccc21)c1ccccc1C(F)(F)F. The highest BCUT2D eigenvalue weighted by molar-refractivity contribution is 5.96. The van der Waals surface area contributed by atoms with Gasteiger partial charge in [-0.3, -0.25) is 4.79 Å². The molecule has 1 heterocycles. The van der Waals surface area contributed by atoms with Crippen LogP contribution in [0.4, 0.5) is 13.2 Å². The van der Waals surface area contributed by atoms with Crippen molar-refractivity contribution in [2.75, 3.05) is 6.61 Å². The fraction of sp³-hybridized carbons (Fsp3) is 0.235. The fourth-order valence-electron chi connectivity index (χ4n) is 2.66. The van der Waals surface area contributed by atoms with E-state index in [9.17, 15) is 18.0 Å². The zero-order chi connectivity index (χ0) is 16.4. The minimum atomic E-state index is -4.57. The van der Waals surface area contributed by atoms with Crippen molar-refractivity contribution < 1.29 is 22.7 Å². The number of carbonyl (C=O) groups is 1. The van der Waals surface area contributed by atoms with Crippen LogP contribution in [0.15, 0.2) is 48.5 Å². The third kappa shape index (κ3) is 3.16. The molecular weight excluding hydrogens is 307 g/mol. The van der Waals surface area contributed by atoms with Crippen LogP contribution >= 0.6 is 0 Å². The molecule has 3 rings (SSSR count). The van der Waals surface area contributed by atoms with Gasteiger partial charge in [-0.15, -0.1) is 0 Å². The van der Waals surface area contributed by atoms with Crippen molar-refractivity contribution in [3.05, 3.63) is 65.2 Å². The topological polar surface area (TPSA) is 38.3 Å². The third-order valence-corrected chi connectivity index (χ3v) is 3.74. The van der Waals surface area contributed by atoms with Gasteiger partial charge in [0.25, 0.3) is 5.91 Å². The number of halogens is 3. The van der Waals surface area contributed by atoms with Gasteiger partial charge in [-0.05, 0) is 18.2 Å². The smallest absolute Gasteiger partial charge is 0.417 e. The molecule has 0 aliphatic carbocycles. The quantitative estimate of drug-likeness (QED) is 0.909. The number of ether oxygens (including phenoxy) is 1. The summed E-state index contributed by atoms with van der Waals surface area (Å²) >= 11 is 0. The van der Waals surface area contributed by atoms with Gasteiger partial charge in [-0.2, -0.15) is 13.2 Å². The van der Waals surface area contributed by atoms with Crippen LogP contribution in [0.25, 0.3) is 0 Å². The van der Waals surface area contributed by atoms with Crippen molar-refractivity contribution in [1.29, 1.82) is 0 Å². The summed E-state index contributed by atoms with van der Waals surface area (Å²) < 4.78 is 44.6. The second-order valence-corrected chi connectivity index (χ2v) is 5.24. The lowest BCUT2D eigenvalue weighted by molar-refractivity contribution is -0.137. The number of para-hydroxylation sites is 1. The molecule has 3 nitrogen and oxygen atoms in total. The first kappa shape index (κ1) is 15.4. The molecule has 0 bridgehead atoms. The highest BCUT2D eigenvalue weighted by Gasteiger charge is 2.35. The summed E-state index contributed by atoms with van der Waals surface area (Å²) in [6.07, 6.45) is -4.06. The first-order valence-electron chi connectivity index (χ1n) is 7.15. The average Bonchev–Trinajstić information content (AvgIpc) is 2.54. The maximum absolute atomic E-state index is 13.0. The molecule has 2 aromatic rings. The number of carbonyl (C=O) groups excluding carboxylic acids is 1. The summed E-state index contributed by atoms with van der Waals surface area (Å²) in [5, 5.41) is 2.68. The third-order valence-electron chi connectivity index (χ3n) is 3.74. The highest BCUT2D eigenvalue weighted by Crippen LogP contribution is 2.34. The predicted octanol–water partition coefficient (Wildman–Crippen LogP) is 3.96. The second-order valence-electron chi connectivity index (χ2n) is 5.24. The molecule has 0 radical (unpaired) electrons. The molecule has 1 aliphatic heterocycles. The van der Waals surface area contributed by atoms with Crippen LogP contribution in [0.1, 0.15) is 33.9 Å². The summed E-state index contributed by atoms with van der Waals surface area (Å²) in [6, 6.07) is 11.6. The van der Waals surface area contributed by atoms with Crippen molar-refractivity contribution in [3.63, 3.8) is 0 Å². The molecule has 0 saturated heterocycles. The van der Waals surface area contributed by atoms with E-state index in [1.807, 2.05) is 6.07 Å². The van der Waals surface area contributed by atoms with Crippen LogP contribution in [-0.4, -0.2) is 12.5 Å². The Morgan fingerprint density at radius 1 is 1.09 bits per heavy atom. The number of hydrogen-bond donors (Lipinski definition) is 1. The monoisotopic (exact) mass is 321 g/mol. The molecular formula is C17H14F3NO2. The van der Waals surface area contributed by atoms with E-state index in [1.54, 1.807) is 18.2 Å². The van der Waals surface area contributed by atoms with E-state index < -0.39 is 17.6 Å². The largest absolute Gasteiger partial charge is 0.493 e. The van der Waals surface area contributed by atoms with Gasteiger partial charge in [0.05, 0.1) is 23.8 Å². The number of alkyl halides is 3. The highest BCUT2D eigenvalue weighted by atomic mass is 19.4. The number of amides is 1. The Morgan fingerprint density at radius 2 is 1.78 bits per heavy atom. The van der Waals surface area contributed by atoms with E-state index in [4.69, 9.17) is 4.74 Å². The molecule has 1 N–H and O–H groups in total. The number of rotatable bonds is 2. The maximum Gasteiger partial charge on any atom is 0.417 e. The summed E-state index contributed by atoms with van der Waals surface area (Å²) in [4.78, 5) is 12.3. The average molecular weight is 321 g/mol. The van der Waals surface area contributed by atoms with E-state index in [2.05, 4.69) is 5.32 Å². The fourth-order valence-corrected chi connectivity index (χ4v) is 2.66. The molecule has 1 aliphatic rings. The molecule has 0 saturated carbocycles. The first-order valence-corrected chi connectivity index (χ1v) is 7.15. The molecule has 1 atom stereocenters. The molecule has 23 heavy (non-hydrogen) atoms. The number of hydrogen-bond acceptors (Lipinski definition) is 2. The summed E-state index contributed by atoms with van der Waals surface area (Å²) in [5.74, 6) is -0.0900. The van der Waals surface area contributed by atoms with Crippen LogP contribution in [0, 0.1) is 0 Å². The van der Waals surface area contributed by atoms with E-state index in [-0.39, 0.29) is 11.6 Å². The number of fused-ring (bicyclic) bond motifs is 1. The Hall–Kier alpha value is -2.50. The van der Waals surface area contributed by atoms with E-state index in [0.717, 1.165) is 11.6 Å². The number of benzene rings is 2. The van der Waals surface area contributed by atoms with Gasteiger partial charge in [0.2, 0.25) is 0 Å². The van der Waals surface area contributed by atoms with Crippen LogP contribution < -0.4 is 10.1 Å². The Bertz CT molecular complexity index is 728. The molecule has 0 spiro atoms. The molecule has 0 aromatic heterocycles. The van der Waals surface area contributed by atoms with Gasteiger partial charge >= 0.3 is 6.18 Å². The Balaban J connectivity index is 1.87. The molecule has 2 aromatic carbocycles. The zero-order valence-electron chi connectivity index (χ0n) is 12.1. The van der Waals surface area contributed by atoms with E-state index >= 15 is 0 Å². The van der Waals surface area contributed by atoms with Crippen molar-refractivity contribution in [2.45, 2.75) is 18.6 Å². The Kier molecular flexibility index (Phi) is 3.98. The van der Waals surface area contributed by atoms with Crippen LogP contribution in [0.5, 0.6) is 5.75 Å². The summed E-state index contributed by atoms with van der Waals surface area (Å²) in [6.45, 7) is 0.406. The van der Waals surface area contributed by atoms with Crippen LogP contribution in [-0.2, 0) is 6.18 Å². The van der Waals surface area contributed by atoms with Crippen molar-refractivity contribution in [2.24, 2.45) is 0 Å². The molecule has 0 unspecified atom stereocenters. The zero-order valence-corrected chi connectivity index (χ0v) is 12.1. The lowest BCUT2D eigenvalue weighted by atomic mass is 9.99. The van der Waals surface area contributed by atoms with Gasteiger partial charge in [0.1, 0.15) is 5.75 Å².